The van der Waals surface area contributed by atoms with Gasteiger partial charge in [-0.05, 0) is 47.4 Å². The van der Waals surface area contributed by atoms with Crippen LogP contribution >= 0.6 is 0 Å². The van der Waals surface area contributed by atoms with Gasteiger partial charge in [-0.15, -0.1) is 0 Å². The summed E-state index contributed by atoms with van der Waals surface area (Å²) in [4.78, 5) is 35.5. The number of carbonyl (C=O) groups is 3. The average Bonchev–Trinajstić information content (AvgIpc) is 2.69. The number of amides is 2. The third-order valence-corrected chi connectivity index (χ3v) is 4.27. The third-order valence-electron chi connectivity index (χ3n) is 4.27. The fraction of sp³-hybridized carbons (Fsp3) is 0.318. The second kappa shape index (κ2) is 9.63. The van der Waals surface area contributed by atoms with Crippen LogP contribution in [0.4, 0.5) is 18.9 Å². The molecule has 2 aromatic rings. The van der Waals surface area contributed by atoms with E-state index in [9.17, 15) is 27.6 Å². The number of hydrogen-bond acceptors (Lipinski definition) is 4. The summed E-state index contributed by atoms with van der Waals surface area (Å²) in [5.41, 5.74) is 0.688. The number of esters is 1. The number of hydrogen-bond donors (Lipinski definition) is 2. The summed E-state index contributed by atoms with van der Waals surface area (Å²) >= 11 is 0. The molecule has 2 aromatic carbocycles. The zero-order valence-electron chi connectivity index (χ0n) is 17.3. The number of rotatable bonds is 6. The van der Waals surface area contributed by atoms with Crippen molar-refractivity contribution in [1.29, 1.82) is 0 Å². The Labute approximate surface area is 177 Å². The molecule has 0 aliphatic heterocycles. The number of nitrogens with one attached hydrogen (secondary N) is 2. The molecule has 166 valence electrons. The maximum Gasteiger partial charge on any atom is 0.416 e. The van der Waals surface area contributed by atoms with Crippen molar-refractivity contribution >= 4 is 23.5 Å². The Bertz CT molecular complexity index is 931. The van der Waals surface area contributed by atoms with Crippen molar-refractivity contribution in [1.82, 2.24) is 5.32 Å². The van der Waals surface area contributed by atoms with Gasteiger partial charge < -0.3 is 15.4 Å². The van der Waals surface area contributed by atoms with Crippen LogP contribution in [0.25, 0.3) is 0 Å². The first kappa shape index (κ1) is 23.9. The van der Waals surface area contributed by atoms with Crippen molar-refractivity contribution < 1.29 is 32.3 Å². The number of ether oxygens (including phenoxy) is 1. The molecule has 2 amide bonds. The topological polar surface area (TPSA) is 84.5 Å². The summed E-state index contributed by atoms with van der Waals surface area (Å²) in [6.07, 6.45) is -4.51. The largest absolute Gasteiger partial charge is 0.454 e. The van der Waals surface area contributed by atoms with Gasteiger partial charge in [-0.1, -0.05) is 32.9 Å². The van der Waals surface area contributed by atoms with Gasteiger partial charge in [0, 0.05) is 11.3 Å². The van der Waals surface area contributed by atoms with Crippen molar-refractivity contribution in [2.24, 2.45) is 0 Å². The molecule has 0 bridgehead atoms. The van der Waals surface area contributed by atoms with Crippen LogP contribution in [-0.4, -0.2) is 30.9 Å². The molecule has 0 radical (unpaired) electrons. The highest BCUT2D eigenvalue weighted by molar-refractivity contribution is 5.96. The van der Waals surface area contributed by atoms with Crippen LogP contribution in [0.15, 0.2) is 48.5 Å². The molecular formula is C22H23F3N2O4. The average molecular weight is 436 g/mol. The zero-order chi connectivity index (χ0) is 23.2. The molecule has 2 rings (SSSR count). The molecule has 0 aliphatic carbocycles. The SMILES string of the molecule is CC(C)(C)c1ccc(NC(=O)COC(=O)CNC(=O)c2ccc(C(F)(F)F)cc2)cc1. The molecule has 0 heterocycles. The lowest BCUT2D eigenvalue weighted by Gasteiger charge is -2.19. The lowest BCUT2D eigenvalue weighted by molar-refractivity contribution is -0.146. The maximum absolute atomic E-state index is 12.5. The lowest BCUT2D eigenvalue weighted by Crippen LogP contribution is -2.32. The Morgan fingerprint density at radius 1 is 0.871 bits per heavy atom. The van der Waals surface area contributed by atoms with Crippen molar-refractivity contribution in [3.8, 4) is 0 Å². The smallest absolute Gasteiger partial charge is 0.416 e. The lowest BCUT2D eigenvalue weighted by atomic mass is 9.87. The molecule has 0 saturated carbocycles. The van der Waals surface area contributed by atoms with Gasteiger partial charge in [0.25, 0.3) is 11.8 Å². The van der Waals surface area contributed by atoms with Crippen LogP contribution in [0.5, 0.6) is 0 Å². The van der Waals surface area contributed by atoms with Gasteiger partial charge in [-0.2, -0.15) is 13.2 Å². The van der Waals surface area contributed by atoms with E-state index in [4.69, 9.17) is 4.74 Å². The predicted octanol–water partition coefficient (Wildman–Crippen LogP) is 3.91. The van der Waals surface area contributed by atoms with Crippen LogP contribution in [0.2, 0.25) is 0 Å². The molecule has 0 fully saturated rings. The number of alkyl halides is 3. The molecule has 0 aromatic heterocycles. The first-order valence-electron chi connectivity index (χ1n) is 9.38. The number of carbonyl (C=O) groups excluding carboxylic acids is 3. The number of anilines is 1. The van der Waals surface area contributed by atoms with E-state index in [1.54, 1.807) is 12.1 Å². The second-order valence-electron chi connectivity index (χ2n) is 7.79. The van der Waals surface area contributed by atoms with Crippen molar-refractivity contribution in [2.45, 2.75) is 32.4 Å². The normalized spacial score (nSPS) is 11.5. The molecule has 0 atom stereocenters. The van der Waals surface area contributed by atoms with Crippen LogP contribution in [-0.2, 0) is 25.9 Å². The molecular weight excluding hydrogens is 413 g/mol. The van der Waals surface area contributed by atoms with Gasteiger partial charge in [-0.3, -0.25) is 14.4 Å². The zero-order valence-corrected chi connectivity index (χ0v) is 17.3. The highest BCUT2D eigenvalue weighted by Gasteiger charge is 2.30. The van der Waals surface area contributed by atoms with E-state index < -0.39 is 42.7 Å². The van der Waals surface area contributed by atoms with Crippen LogP contribution in [0.1, 0.15) is 42.3 Å². The molecule has 0 saturated heterocycles. The molecule has 9 heteroatoms. The maximum atomic E-state index is 12.5. The Kier molecular flexibility index (Phi) is 7.43. The molecule has 0 unspecified atom stereocenters. The minimum Gasteiger partial charge on any atom is -0.454 e. The Morgan fingerprint density at radius 3 is 1.94 bits per heavy atom. The molecule has 31 heavy (non-hydrogen) atoms. The van der Waals surface area contributed by atoms with Crippen molar-refractivity contribution in [3.63, 3.8) is 0 Å². The first-order chi connectivity index (χ1) is 14.4. The van der Waals surface area contributed by atoms with Gasteiger partial charge in [0.2, 0.25) is 0 Å². The van der Waals surface area contributed by atoms with E-state index >= 15 is 0 Å². The molecule has 0 aliphatic rings. The second-order valence-corrected chi connectivity index (χ2v) is 7.79. The van der Waals surface area contributed by atoms with Gasteiger partial charge in [-0.25, -0.2) is 0 Å². The molecule has 0 spiro atoms. The monoisotopic (exact) mass is 436 g/mol. The first-order valence-corrected chi connectivity index (χ1v) is 9.38. The standard InChI is InChI=1S/C22H23F3N2O4/c1-21(2,3)15-8-10-17(11-9-15)27-18(28)13-31-19(29)12-26-20(30)14-4-6-16(7-5-14)22(23,24)25/h4-11H,12-13H2,1-3H3,(H,26,30)(H,27,28). The highest BCUT2D eigenvalue weighted by Crippen LogP contribution is 2.29. The Morgan fingerprint density at radius 2 is 1.42 bits per heavy atom. The van der Waals surface area contributed by atoms with Crippen molar-refractivity contribution in [3.05, 3.63) is 65.2 Å². The molecule has 6 nitrogen and oxygen atoms in total. The van der Waals surface area contributed by atoms with E-state index in [0.29, 0.717) is 5.69 Å². The fourth-order valence-electron chi connectivity index (χ4n) is 2.51. The summed E-state index contributed by atoms with van der Waals surface area (Å²) < 4.78 is 42.4. The van der Waals surface area contributed by atoms with E-state index in [-0.39, 0.29) is 11.0 Å². The summed E-state index contributed by atoms with van der Waals surface area (Å²) in [6, 6.07) is 10.8. The van der Waals surface area contributed by atoms with Crippen LogP contribution in [0.3, 0.4) is 0 Å². The summed E-state index contributed by atoms with van der Waals surface area (Å²) in [5.74, 6) is -2.15. The third kappa shape index (κ3) is 7.44. The van der Waals surface area contributed by atoms with Crippen molar-refractivity contribution in [2.75, 3.05) is 18.5 Å². The minimum atomic E-state index is -4.51. The van der Waals surface area contributed by atoms with Gasteiger partial charge in [0.15, 0.2) is 6.61 Å². The minimum absolute atomic E-state index is 0.0249. The van der Waals surface area contributed by atoms with Gasteiger partial charge in [0.05, 0.1) is 5.56 Å². The quantitative estimate of drug-likeness (QED) is 0.673. The van der Waals surface area contributed by atoms with Gasteiger partial charge in [0.1, 0.15) is 6.54 Å². The number of benzene rings is 2. The van der Waals surface area contributed by atoms with E-state index in [2.05, 4.69) is 31.4 Å². The fourth-order valence-corrected chi connectivity index (χ4v) is 2.51. The highest BCUT2D eigenvalue weighted by atomic mass is 19.4. The van der Waals surface area contributed by atoms with E-state index in [0.717, 1.165) is 29.8 Å². The molecule has 2 N–H and O–H groups in total. The van der Waals surface area contributed by atoms with Crippen LogP contribution in [0, 0.1) is 0 Å². The predicted molar refractivity (Wildman–Crippen MR) is 109 cm³/mol. The van der Waals surface area contributed by atoms with E-state index in [1.165, 1.54) is 0 Å². The number of halogens is 3. The van der Waals surface area contributed by atoms with Crippen LogP contribution < -0.4 is 10.6 Å². The summed E-state index contributed by atoms with van der Waals surface area (Å²) in [6.45, 7) is 5.12. The van der Waals surface area contributed by atoms with E-state index in [1.807, 2.05) is 12.1 Å². The Hall–Kier alpha value is -3.36. The summed E-state index contributed by atoms with van der Waals surface area (Å²) in [5, 5.41) is 4.81. The summed E-state index contributed by atoms with van der Waals surface area (Å²) in [7, 11) is 0. The Balaban J connectivity index is 1.76. The van der Waals surface area contributed by atoms with Gasteiger partial charge >= 0.3 is 12.1 Å².